The maximum absolute atomic E-state index is 8.59. The number of aliphatic hydroxyl groups excluding tert-OH is 1. The summed E-state index contributed by atoms with van der Waals surface area (Å²) in [6, 6.07) is 0.758. The first-order valence-corrected chi connectivity index (χ1v) is 8.28. The van der Waals surface area contributed by atoms with Crippen molar-refractivity contribution in [3.05, 3.63) is 0 Å². The van der Waals surface area contributed by atoms with E-state index in [1.807, 2.05) is 20.8 Å². The Morgan fingerprint density at radius 2 is 1.39 bits per heavy atom. The van der Waals surface area contributed by atoms with Gasteiger partial charge in [-0.05, 0) is 27.2 Å². The Kier molecular flexibility index (Phi) is 15.2. The molecule has 6 heteroatoms. The van der Waals surface area contributed by atoms with E-state index in [0.717, 1.165) is 12.5 Å². The summed E-state index contributed by atoms with van der Waals surface area (Å²) in [6.07, 6.45) is 0.826. The average molecular weight is 282 g/mol. The van der Waals surface area contributed by atoms with E-state index in [9.17, 15) is 0 Å². The van der Waals surface area contributed by atoms with Crippen molar-refractivity contribution in [2.24, 2.45) is 0 Å². The second-order valence-corrected chi connectivity index (χ2v) is 6.15. The third-order valence-electron chi connectivity index (χ3n) is 2.10. The first-order chi connectivity index (χ1) is 8.24. The fourth-order valence-corrected chi connectivity index (χ4v) is 4.14. The Hall–Kier alpha value is 0.0169. The van der Waals surface area contributed by atoms with Crippen molar-refractivity contribution in [3.63, 3.8) is 0 Å². The Bertz CT molecular complexity index is 152. The molecule has 0 aromatic carbocycles. The normalized spacial score (nSPS) is 11.3. The molecule has 1 N–H and O–H groups in total. The van der Waals surface area contributed by atoms with Crippen LogP contribution < -0.4 is 0 Å². The van der Waals surface area contributed by atoms with E-state index in [0.29, 0.717) is 33.0 Å². The Morgan fingerprint density at radius 3 is 1.78 bits per heavy atom. The summed E-state index contributed by atoms with van der Waals surface area (Å²) < 4.78 is 22.3. The lowest BCUT2D eigenvalue weighted by Gasteiger charge is -2.28. The van der Waals surface area contributed by atoms with Crippen LogP contribution in [-0.4, -0.2) is 53.6 Å². The summed E-state index contributed by atoms with van der Waals surface area (Å²) in [6.45, 7) is 8.68. The van der Waals surface area contributed by atoms with Crippen molar-refractivity contribution in [3.8, 4) is 0 Å². The molecule has 18 heavy (non-hydrogen) atoms. The average Bonchev–Trinajstić information content (AvgIpc) is 2.30. The van der Waals surface area contributed by atoms with Gasteiger partial charge in [-0.3, -0.25) is 0 Å². The van der Waals surface area contributed by atoms with Crippen LogP contribution >= 0.6 is 0 Å². The Balaban J connectivity index is 0. The van der Waals surface area contributed by atoms with Crippen molar-refractivity contribution in [1.29, 1.82) is 0 Å². The van der Waals surface area contributed by atoms with Gasteiger partial charge in [-0.15, -0.1) is 0 Å². The maximum Gasteiger partial charge on any atom is 0.501 e. The van der Waals surface area contributed by atoms with E-state index in [-0.39, 0.29) is 14.0 Å². The number of ether oxygens (including phenoxy) is 1. The van der Waals surface area contributed by atoms with Crippen molar-refractivity contribution < 1.29 is 23.1 Å². The zero-order chi connectivity index (χ0) is 13.0. The Morgan fingerprint density at radius 1 is 0.889 bits per heavy atom. The van der Waals surface area contributed by atoms with Gasteiger partial charge in [0.2, 0.25) is 0 Å². The summed E-state index contributed by atoms with van der Waals surface area (Å²) >= 11 is 0. The SMILES string of the molecule is C.CCO[Si](CCCOCCO)(OCC)OCC. The highest BCUT2D eigenvalue weighted by atomic mass is 28.4. The van der Waals surface area contributed by atoms with Crippen LogP contribution in [0, 0.1) is 0 Å². The second-order valence-electron chi connectivity index (χ2n) is 3.42. The minimum absolute atomic E-state index is 0. The quantitative estimate of drug-likeness (QED) is 0.439. The minimum atomic E-state index is -2.50. The van der Waals surface area contributed by atoms with Crippen molar-refractivity contribution >= 4 is 8.80 Å². The molecule has 0 aliphatic carbocycles. The van der Waals surface area contributed by atoms with E-state index in [2.05, 4.69) is 0 Å². The molecule has 0 spiro atoms. The van der Waals surface area contributed by atoms with Crippen molar-refractivity contribution in [2.75, 3.05) is 39.6 Å². The van der Waals surface area contributed by atoms with Crippen LogP contribution in [0.2, 0.25) is 6.04 Å². The van der Waals surface area contributed by atoms with Gasteiger partial charge < -0.3 is 23.1 Å². The van der Waals surface area contributed by atoms with E-state index >= 15 is 0 Å². The number of rotatable bonds is 12. The van der Waals surface area contributed by atoms with Crippen LogP contribution in [0.15, 0.2) is 0 Å². The zero-order valence-electron chi connectivity index (χ0n) is 11.2. The lowest BCUT2D eigenvalue weighted by Crippen LogP contribution is -2.46. The molecule has 0 saturated heterocycles. The molecule has 0 heterocycles. The summed E-state index contributed by atoms with van der Waals surface area (Å²) in [5.41, 5.74) is 0. The summed E-state index contributed by atoms with van der Waals surface area (Å²) in [5, 5.41) is 8.59. The third kappa shape index (κ3) is 9.01. The molecule has 0 bridgehead atoms. The van der Waals surface area contributed by atoms with Crippen LogP contribution in [0.3, 0.4) is 0 Å². The van der Waals surface area contributed by atoms with Crippen LogP contribution in [0.1, 0.15) is 34.6 Å². The number of aliphatic hydroxyl groups is 1. The van der Waals surface area contributed by atoms with E-state index < -0.39 is 8.80 Å². The molecule has 0 rings (SSSR count). The molecule has 0 radical (unpaired) electrons. The van der Waals surface area contributed by atoms with Crippen LogP contribution in [0.25, 0.3) is 0 Å². The lowest BCUT2D eigenvalue weighted by molar-refractivity contribution is 0.0620. The Labute approximate surface area is 113 Å². The van der Waals surface area contributed by atoms with E-state index in [1.54, 1.807) is 0 Å². The molecule has 0 aromatic rings. The molecular weight excluding hydrogens is 252 g/mol. The number of hydrogen-bond acceptors (Lipinski definition) is 5. The maximum atomic E-state index is 8.59. The summed E-state index contributed by atoms with van der Waals surface area (Å²) in [5.74, 6) is 0. The van der Waals surface area contributed by atoms with Crippen molar-refractivity contribution in [1.82, 2.24) is 0 Å². The van der Waals surface area contributed by atoms with Gasteiger partial charge in [0, 0.05) is 32.5 Å². The topological polar surface area (TPSA) is 57.2 Å². The highest BCUT2D eigenvalue weighted by Crippen LogP contribution is 2.18. The fraction of sp³-hybridized carbons (Fsp3) is 1.00. The zero-order valence-corrected chi connectivity index (χ0v) is 12.2. The first-order valence-electron chi connectivity index (χ1n) is 6.35. The molecule has 5 nitrogen and oxygen atoms in total. The van der Waals surface area contributed by atoms with Crippen molar-refractivity contribution in [2.45, 2.75) is 40.7 Å². The monoisotopic (exact) mass is 282 g/mol. The van der Waals surface area contributed by atoms with Crippen LogP contribution in [0.4, 0.5) is 0 Å². The lowest BCUT2D eigenvalue weighted by atomic mass is 10.5. The molecule has 0 fully saturated rings. The van der Waals surface area contributed by atoms with Gasteiger partial charge in [-0.1, -0.05) is 7.43 Å². The van der Waals surface area contributed by atoms with Gasteiger partial charge in [0.15, 0.2) is 0 Å². The summed E-state index contributed by atoms with van der Waals surface area (Å²) in [7, 11) is -2.50. The van der Waals surface area contributed by atoms with E-state index in [1.165, 1.54) is 0 Å². The molecule has 0 aromatic heterocycles. The standard InChI is InChI=1S/C11H26O5Si.CH4/c1-4-14-17(15-5-2,16-6-3)11-7-9-13-10-8-12;/h12H,4-11H2,1-3H3;1H4. The predicted molar refractivity (Wildman–Crippen MR) is 74.7 cm³/mol. The molecular formula is C12H30O5Si. The molecule has 0 aliphatic rings. The molecule has 0 aliphatic heterocycles. The molecule has 0 amide bonds. The number of hydrogen-bond donors (Lipinski definition) is 1. The molecule has 0 unspecified atom stereocenters. The summed E-state index contributed by atoms with van der Waals surface area (Å²) in [4.78, 5) is 0. The van der Waals surface area contributed by atoms with Crippen LogP contribution in [0.5, 0.6) is 0 Å². The van der Waals surface area contributed by atoms with Gasteiger partial charge in [-0.2, -0.15) is 0 Å². The molecule has 0 saturated carbocycles. The highest BCUT2D eigenvalue weighted by molar-refractivity contribution is 6.60. The van der Waals surface area contributed by atoms with Crippen LogP contribution in [-0.2, 0) is 18.0 Å². The van der Waals surface area contributed by atoms with Gasteiger partial charge in [-0.25, -0.2) is 0 Å². The minimum Gasteiger partial charge on any atom is -0.394 e. The smallest absolute Gasteiger partial charge is 0.394 e. The van der Waals surface area contributed by atoms with Gasteiger partial charge in [0.25, 0.3) is 0 Å². The van der Waals surface area contributed by atoms with Gasteiger partial charge in [0.1, 0.15) is 0 Å². The van der Waals surface area contributed by atoms with Gasteiger partial charge >= 0.3 is 8.80 Å². The first kappa shape index (κ1) is 20.3. The second kappa shape index (κ2) is 13.4. The van der Waals surface area contributed by atoms with E-state index in [4.69, 9.17) is 23.1 Å². The fourth-order valence-electron chi connectivity index (χ4n) is 1.56. The molecule has 0 atom stereocenters. The van der Waals surface area contributed by atoms with Gasteiger partial charge in [0.05, 0.1) is 13.2 Å². The third-order valence-corrected chi connectivity index (χ3v) is 5.25. The predicted octanol–water partition coefficient (Wildman–Crippen LogP) is 2.07. The molecule has 112 valence electrons. The highest BCUT2D eigenvalue weighted by Gasteiger charge is 2.39. The largest absolute Gasteiger partial charge is 0.501 e.